The molecule has 15 heteroatoms. The lowest BCUT2D eigenvalue weighted by Crippen LogP contribution is -2.21. The Morgan fingerprint density at radius 3 is 2.58 bits per heavy atom. The molecule has 0 saturated carbocycles. The van der Waals surface area contributed by atoms with Gasteiger partial charge in [0.15, 0.2) is 0 Å². The number of carbonyl (C=O) groups is 2. The Hall–Kier alpha value is -4.27. The van der Waals surface area contributed by atoms with Crippen LogP contribution in [0.25, 0.3) is 10.6 Å². The molecule has 0 fully saturated rings. The van der Waals surface area contributed by atoms with Crippen LogP contribution in [0, 0.1) is 12.3 Å². The number of carboxylic acid groups (broad SMARTS) is 1. The number of nitrogens with one attached hydrogen (secondary N) is 3. The van der Waals surface area contributed by atoms with Crippen molar-refractivity contribution < 1.29 is 32.6 Å². The zero-order valence-electron chi connectivity index (χ0n) is 19.0. The summed E-state index contributed by atoms with van der Waals surface area (Å²) < 4.78 is 36.7. The first-order valence-electron chi connectivity index (χ1n) is 10.2. The van der Waals surface area contributed by atoms with E-state index < -0.39 is 18.2 Å². The van der Waals surface area contributed by atoms with Crippen molar-refractivity contribution >= 4 is 51.9 Å². The van der Waals surface area contributed by atoms with E-state index in [1.807, 2.05) is 19.9 Å². The van der Waals surface area contributed by atoms with E-state index in [2.05, 4.69) is 25.8 Å². The van der Waals surface area contributed by atoms with E-state index in [-0.39, 0.29) is 0 Å². The maximum Gasteiger partial charge on any atom is 0.490 e. The Balaban J connectivity index is 0.000000572. The number of hydrogen-bond acceptors (Lipinski definition) is 10. The summed E-state index contributed by atoms with van der Waals surface area (Å²) in [5.74, 6) is -2.38. The monoisotopic (exact) mass is 525 g/mol. The molecule has 0 saturated heterocycles. The Kier molecular flexibility index (Phi) is 9.66. The Morgan fingerprint density at radius 2 is 1.97 bits per heavy atom. The Morgan fingerprint density at radius 1 is 1.28 bits per heavy atom. The van der Waals surface area contributed by atoms with Gasteiger partial charge in [0, 0.05) is 34.9 Å². The summed E-state index contributed by atoms with van der Waals surface area (Å²) in [6.45, 7) is 4.16. The summed E-state index contributed by atoms with van der Waals surface area (Å²) in [7, 11) is 0. The number of halogens is 3. The lowest BCUT2D eigenvalue weighted by atomic mass is 10.1. The third kappa shape index (κ3) is 7.90. The molecule has 0 spiro atoms. The van der Waals surface area contributed by atoms with E-state index in [1.165, 1.54) is 17.6 Å². The van der Waals surface area contributed by atoms with E-state index in [1.54, 1.807) is 24.4 Å². The van der Waals surface area contributed by atoms with Crippen LogP contribution in [0.3, 0.4) is 0 Å². The van der Waals surface area contributed by atoms with Crippen LogP contribution in [-0.4, -0.2) is 51.3 Å². The number of rotatable bonds is 7. The van der Waals surface area contributed by atoms with Gasteiger partial charge in [-0.1, -0.05) is 18.3 Å². The van der Waals surface area contributed by atoms with Gasteiger partial charge < -0.3 is 26.3 Å². The predicted octanol–water partition coefficient (Wildman–Crippen LogP) is 4.82. The van der Waals surface area contributed by atoms with E-state index in [4.69, 9.17) is 25.8 Å². The van der Waals surface area contributed by atoms with Crippen molar-refractivity contribution in [3.8, 4) is 10.6 Å². The molecule has 11 nitrogen and oxygen atoms in total. The van der Waals surface area contributed by atoms with Crippen LogP contribution in [0.4, 0.5) is 40.3 Å². The van der Waals surface area contributed by atoms with E-state index in [9.17, 15) is 18.0 Å². The second-order valence-electron chi connectivity index (χ2n) is 6.92. The average molecular weight is 526 g/mol. The topological polar surface area (TPSA) is 176 Å². The number of alkyl halides is 3. The van der Waals surface area contributed by atoms with Crippen LogP contribution >= 0.6 is 11.3 Å². The van der Waals surface area contributed by atoms with E-state index in [0.29, 0.717) is 33.8 Å². The highest BCUT2D eigenvalue weighted by molar-refractivity contribution is 7.18. The van der Waals surface area contributed by atoms with Gasteiger partial charge in [-0.15, -0.1) is 10.2 Å². The second kappa shape index (κ2) is 12.4. The summed E-state index contributed by atoms with van der Waals surface area (Å²) in [4.78, 5) is 24.7. The molecule has 0 aliphatic carbocycles. The highest BCUT2D eigenvalue weighted by atomic mass is 32.1. The molecule has 0 aliphatic rings. The molecule has 6 N–H and O–H groups in total. The number of amides is 1. The Labute approximate surface area is 207 Å². The summed E-state index contributed by atoms with van der Waals surface area (Å²) in [5, 5.41) is 30.1. The predicted molar refractivity (Wildman–Crippen MR) is 129 cm³/mol. The number of nitrogens with zero attached hydrogens (tertiary/aromatic N) is 3. The number of aromatic nitrogens is 3. The van der Waals surface area contributed by atoms with Crippen LogP contribution in [0.2, 0.25) is 0 Å². The van der Waals surface area contributed by atoms with Crippen molar-refractivity contribution in [3.63, 3.8) is 0 Å². The molecule has 3 rings (SSSR count). The normalized spacial score (nSPS) is 10.6. The summed E-state index contributed by atoms with van der Waals surface area (Å²) in [5.41, 5.74) is 9.55. The standard InChI is InChI=1S/C19H21N7O2S.C2HF3O2/c1-3-8-28-19(27)24-16-9-12(6-7-22-16)17-25-26-18(29-17)23-15-5-4-14(21)13(10-20)11(15)2;3-2(4,5)1(6)7/h4-7,9-10,20H,3,8,21H2,1-2H3,(H,23,26)(H,22,24,27);(H,6,7). The number of carboxylic acids is 1. The quantitative estimate of drug-likeness (QED) is 0.214. The van der Waals surface area contributed by atoms with Crippen molar-refractivity contribution in [3.05, 3.63) is 41.6 Å². The van der Waals surface area contributed by atoms with Crippen LogP contribution in [0.1, 0.15) is 24.5 Å². The molecule has 0 bridgehead atoms. The fourth-order valence-corrected chi connectivity index (χ4v) is 3.30. The number of carbonyl (C=O) groups excluding carboxylic acids is 1. The lowest BCUT2D eigenvalue weighted by Gasteiger charge is -2.10. The minimum absolute atomic E-state index is 0.348. The number of benzene rings is 1. The Bertz CT molecular complexity index is 1230. The summed E-state index contributed by atoms with van der Waals surface area (Å²) >= 11 is 1.36. The van der Waals surface area contributed by atoms with E-state index >= 15 is 0 Å². The number of pyridine rings is 1. The molecule has 0 unspecified atom stereocenters. The minimum Gasteiger partial charge on any atom is -0.475 e. The van der Waals surface area contributed by atoms with Crippen molar-refractivity contribution in [2.24, 2.45) is 0 Å². The maximum atomic E-state index is 11.7. The molecule has 1 amide bonds. The van der Waals surface area contributed by atoms with Crippen LogP contribution < -0.4 is 16.4 Å². The molecule has 2 aromatic heterocycles. The van der Waals surface area contributed by atoms with Gasteiger partial charge in [-0.3, -0.25) is 5.32 Å². The smallest absolute Gasteiger partial charge is 0.475 e. The molecule has 2 heterocycles. The van der Waals surface area contributed by atoms with Crippen molar-refractivity contribution in [1.29, 1.82) is 5.41 Å². The number of aliphatic carboxylic acids is 1. The van der Waals surface area contributed by atoms with Gasteiger partial charge in [0.25, 0.3) is 0 Å². The zero-order valence-corrected chi connectivity index (χ0v) is 19.8. The zero-order chi connectivity index (χ0) is 26.9. The SMILES string of the molecule is CCCOC(=O)Nc1cc(-c2nnc(Nc3ccc(N)c(C=N)c3C)s2)ccn1.O=C(O)C(F)(F)F. The molecular formula is C21H22F3N7O4S. The third-order valence-electron chi connectivity index (χ3n) is 4.28. The average Bonchev–Trinajstić information content (AvgIpc) is 3.28. The highest BCUT2D eigenvalue weighted by Crippen LogP contribution is 2.31. The largest absolute Gasteiger partial charge is 0.490 e. The number of nitrogens with two attached hydrogens (primary N) is 1. The molecule has 36 heavy (non-hydrogen) atoms. The van der Waals surface area contributed by atoms with Crippen molar-refractivity contribution in [2.75, 3.05) is 23.0 Å². The molecule has 0 radical (unpaired) electrons. The number of nitrogen functional groups attached to an aromatic ring is 1. The molecular weight excluding hydrogens is 503 g/mol. The molecule has 0 atom stereocenters. The second-order valence-corrected chi connectivity index (χ2v) is 7.89. The molecule has 1 aromatic carbocycles. The summed E-state index contributed by atoms with van der Waals surface area (Å²) in [6, 6.07) is 7.08. The first-order chi connectivity index (χ1) is 17.0. The van der Waals surface area contributed by atoms with Gasteiger partial charge in [0.2, 0.25) is 5.13 Å². The number of anilines is 4. The fraction of sp³-hybridized carbons (Fsp3) is 0.238. The fourth-order valence-electron chi connectivity index (χ4n) is 2.55. The number of hydrogen-bond donors (Lipinski definition) is 5. The molecule has 0 aliphatic heterocycles. The maximum absolute atomic E-state index is 11.7. The number of ether oxygens (including phenoxy) is 1. The van der Waals surface area contributed by atoms with Crippen molar-refractivity contribution in [1.82, 2.24) is 15.2 Å². The molecule has 3 aromatic rings. The van der Waals surface area contributed by atoms with Crippen LogP contribution in [-0.2, 0) is 9.53 Å². The lowest BCUT2D eigenvalue weighted by molar-refractivity contribution is -0.192. The molecule has 192 valence electrons. The van der Waals surface area contributed by atoms with Gasteiger partial charge in [0.1, 0.15) is 10.8 Å². The first-order valence-corrected chi connectivity index (χ1v) is 11.0. The van der Waals surface area contributed by atoms with Crippen LogP contribution in [0.5, 0.6) is 0 Å². The third-order valence-corrected chi connectivity index (χ3v) is 5.16. The highest BCUT2D eigenvalue weighted by Gasteiger charge is 2.38. The van der Waals surface area contributed by atoms with Gasteiger partial charge in [-0.05, 0) is 43.2 Å². The van der Waals surface area contributed by atoms with Gasteiger partial charge in [0.05, 0.1) is 6.61 Å². The first kappa shape index (κ1) is 28.0. The van der Waals surface area contributed by atoms with E-state index in [0.717, 1.165) is 23.2 Å². The van der Waals surface area contributed by atoms with Crippen LogP contribution in [0.15, 0.2) is 30.5 Å². The van der Waals surface area contributed by atoms with Crippen molar-refractivity contribution in [2.45, 2.75) is 26.4 Å². The minimum atomic E-state index is -5.08. The van der Waals surface area contributed by atoms with Gasteiger partial charge in [-0.2, -0.15) is 13.2 Å². The summed E-state index contributed by atoms with van der Waals surface area (Å²) in [6.07, 6.45) is -2.06. The van der Waals surface area contributed by atoms with Gasteiger partial charge >= 0.3 is 18.2 Å². The van der Waals surface area contributed by atoms with Gasteiger partial charge in [-0.25, -0.2) is 14.6 Å².